The van der Waals surface area contributed by atoms with E-state index < -0.39 is 17.6 Å². The molecule has 1 aromatic rings. The molecule has 0 heterocycles. The first kappa shape index (κ1) is 15.5. The van der Waals surface area contributed by atoms with Crippen molar-refractivity contribution in [1.82, 2.24) is 0 Å². The molecule has 0 fully saturated rings. The zero-order valence-electron chi connectivity index (χ0n) is 11.7. The predicted molar refractivity (Wildman–Crippen MR) is 75.2 cm³/mol. The molecular weight excluding hydrogens is 258 g/mol. The molecule has 0 bridgehead atoms. The second-order valence-corrected chi connectivity index (χ2v) is 5.09. The van der Waals surface area contributed by atoms with Crippen LogP contribution >= 0.6 is 0 Å². The summed E-state index contributed by atoms with van der Waals surface area (Å²) in [6, 6.07) is 8.35. The molecule has 0 spiro atoms. The third kappa shape index (κ3) is 5.87. The van der Waals surface area contributed by atoms with Gasteiger partial charge in [-0.3, -0.25) is 10.1 Å². The lowest BCUT2D eigenvalue weighted by atomic mass is 10.2. The Morgan fingerprint density at radius 2 is 1.85 bits per heavy atom. The lowest BCUT2D eigenvalue weighted by Crippen LogP contribution is -2.27. The van der Waals surface area contributed by atoms with E-state index in [0.29, 0.717) is 11.4 Å². The molecule has 0 aliphatic rings. The minimum Gasteiger partial charge on any atom is -0.444 e. The van der Waals surface area contributed by atoms with Crippen LogP contribution in [0, 0.1) is 11.3 Å². The molecule has 0 atom stereocenters. The molecule has 0 radical (unpaired) electrons. The summed E-state index contributed by atoms with van der Waals surface area (Å²) in [6.07, 6.45) is -0.790. The molecule has 0 saturated heterocycles. The van der Waals surface area contributed by atoms with Crippen LogP contribution in [0.15, 0.2) is 24.3 Å². The number of carbonyl (C=O) groups is 2. The third-order valence-corrected chi connectivity index (χ3v) is 2.03. The summed E-state index contributed by atoms with van der Waals surface area (Å²) in [5.41, 5.74) is 0.413. The topological polar surface area (TPSA) is 91.2 Å². The van der Waals surface area contributed by atoms with Gasteiger partial charge >= 0.3 is 6.09 Å². The Balaban J connectivity index is 2.67. The first-order valence-electron chi connectivity index (χ1n) is 6.07. The van der Waals surface area contributed by atoms with Crippen LogP contribution in [0.2, 0.25) is 0 Å². The van der Waals surface area contributed by atoms with E-state index in [2.05, 4.69) is 10.6 Å². The first-order valence-corrected chi connectivity index (χ1v) is 6.07. The number of ether oxygens (including phenoxy) is 1. The van der Waals surface area contributed by atoms with E-state index in [9.17, 15) is 9.59 Å². The van der Waals surface area contributed by atoms with Crippen LogP contribution < -0.4 is 10.6 Å². The Labute approximate surface area is 117 Å². The normalized spacial score (nSPS) is 10.3. The summed E-state index contributed by atoms with van der Waals surface area (Å²) in [7, 11) is 0. The summed E-state index contributed by atoms with van der Waals surface area (Å²) in [6.45, 7) is 5.31. The van der Waals surface area contributed by atoms with Gasteiger partial charge in [0.1, 0.15) is 12.0 Å². The highest BCUT2D eigenvalue weighted by atomic mass is 16.6. The molecule has 0 unspecified atom stereocenters. The molecule has 0 saturated carbocycles. The van der Waals surface area contributed by atoms with Crippen molar-refractivity contribution in [3.05, 3.63) is 24.3 Å². The summed E-state index contributed by atoms with van der Waals surface area (Å²) < 4.78 is 5.12. The van der Waals surface area contributed by atoms with E-state index in [1.165, 1.54) is 0 Å². The van der Waals surface area contributed by atoms with Crippen molar-refractivity contribution in [3.63, 3.8) is 0 Å². The lowest BCUT2D eigenvalue weighted by Gasteiger charge is -2.19. The number of carbonyl (C=O) groups excluding carboxylic acids is 2. The van der Waals surface area contributed by atoms with Gasteiger partial charge in [0, 0.05) is 11.4 Å². The molecule has 2 amide bonds. The van der Waals surface area contributed by atoms with E-state index in [1.807, 2.05) is 0 Å². The third-order valence-electron chi connectivity index (χ3n) is 2.03. The zero-order valence-corrected chi connectivity index (χ0v) is 11.7. The number of amides is 2. The fourth-order valence-electron chi connectivity index (χ4n) is 1.37. The average Bonchev–Trinajstić information content (AvgIpc) is 2.26. The molecule has 20 heavy (non-hydrogen) atoms. The van der Waals surface area contributed by atoms with Gasteiger partial charge in [-0.05, 0) is 39.0 Å². The van der Waals surface area contributed by atoms with Gasteiger partial charge in [0.2, 0.25) is 5.91 Å². The molecule has 6 heteroatoms. The molecule has 1 aromatic carbocycles. The van der Waals surface area contributed by atoms with Gasteiger partial charge in [-0.15, -0.1) is 0 Å². The van der Waals surface area contributed by atoms with E-state index in [0.717, 1.165) is 0 Å². The van der Waals surface area contributed by atoms with Gasteiger partial charge in [-0.25, -0.2) is 4.79 Å². The number of nitrogens with one attached hydrogen (secondary N) is 2. The largest absolute Gasteiger partial charge is 0.444 e. The molecular formula is C14H17N3O3. The van der Waals surface area contributed by atoms with Gasteiger partial charge in [0.05, 0.1) is 6.07 Å². The van der Waals surface area contributed by atoms with Crippen LogP contribution in [0.1, 0.15) is 27.2 Å². The van der Waals surface area contributed by atoms with Crippen molar-refractivity contribution in [2.24, 2.45) is 0 Å². The van der Waals surface area contributed by atoms with Gasteiger partial charge in [0.25, 0.3) is 0 Å². The fraction of sp³-hybridized carbons (Fsp3) is 0.357. The zero-order chi connectivity index (χ0) is 15.2. The number of nitrogens with zero attached hydrogens (tertiary/aromatic N) is 1. The quantitative estimate of drug-likeness (QED) is 0.887. The van der Waals surface area contributed by atoms with Gasteiger partial charge in [-0.1, -0.05) is 6.07 Å². The van der Waals surface area contributed by atoms with E-state index in [-0.39, 0.29) is 6.42 Å². The molecule has 2 N–H and O–H groups in total. The van der Waals surface area contributed by atoms with E-state index in [4.69, 9.17) is 10.00 Å². The number of rotatable bonds is 3. The summed E-state index contributed by atoms with van der Waals surface area (Å²) in [5.74, 6) is -0.401. The minimum atomic E-state index is -0.581. The van der Waals surface area contributed by atoms with Crippen molar-refractivity contribution in [1.29, 1.82) is 5.26 Å². The highest BCUT2D eigenvalue weighted by Gasteiger charge is 2.16. The summed E-state index contributed by atoms with van der Waals surface area (Å²) in [4.78, 5) is 22.9. The van der Waals surface area contributed by atoms with Crippen molar-refractivity contribution >= 4 is 23.4 Å². The monoisotopic (exact) mass is 275 g/mol. The molecule has 0 aromatic heterocycles. The molecule has 106 valence electrons. The van der Waals surface area contributed by atoms with Crippen LogP contribution in [0.5, 0.6) is 0 Å². The SMILES string of the molecule is CC(C)(C)OC(=O)Nc1cccc(NC(=O)CC#N)c1. The lowest BCUT2D eigenvalue weighted by molar-refractivity contribution is -0.115. The van der Waals surface area contributed by atoms with Crippen LogP contribution in [-0.4, -0.2) is 17.6 Å². The van der Waals surface area contributed by atoms with Crippen LogP contribution in [-0.2, 0) is 9.53 Å². The maximum absolute atomic E-state index is 11.6. The second kappa shape index (κ2) is 6.57. The number of nitriles is 1. The first-order chi connectivity index (χ1) is 9.30. The van der Waals surface area contributed by atoms with Gasteiger partial charge in [0.15, 0.2) is 0 Å². The van der Waals surface area contributed by atoms with E-state index >= 15 is 0 Å². The minimum absolute atomic E-state index is 0.219. The number of benzene rings is 1. The Bertz CT molecular complexity index is 541. The standard InChI is InChI=1S/C14H17N3O3/c1-14(2,3)20-13(19)17-11-6-4-5-10(9-11)16-12(18)7-8-15/h4-6,9H,7H2,1-3H3,(H,16,18)(H,17,19). The number of hydrogen-bond donors (Lipinski definition) is 2. The van der Waals surface area contributed by atoms with Crippen LogP contribution in [0.25, 0.3) is 0 Å². The fourth-order valence-corrected chi connectivity index (χ4v) is 1.37. The highest BCUT2D eigenvalue weighted by molar-refractivity contribution is 5.93. The Morgan fingerprint density at radius 3 is 2.40 bits per heavy atom. The maximum Gasteiger partial charge on any atom is 0.412 e. The second-order valence-electron chi connectivity index (χ2n) is 5.09. The van der Waals surface area contributed by atoms with Crippen molar-refractivity contribution in [2.75, 3.05) is 10.6 Å². The maximum atomic E-state index is 11.6. The highest BCUT2D eigenvalue weighted by Crippen LogP contribution is 2.16. The Kier molecular flexibility index (Phi) is 5.09. The number of anilines is 2. The summed E-state index contributed by atoms with van der Waals surface area (Å²) >= 11 is 0. The smallest absolute Gasteiger partial charge is 0.412 e. The van der Waals surface area contributed by atoms with Gasteiger partial charge in [-0.2, -0.15) is 5.26 Å². The van der Waals surface area contributed by atoms with Gasteiger partial charge < -0.3 is 10.1 Å². The van der Waals surface area contributed by atoms with Crippen molar-refractivity contribution in [3.8, 4) is 6.07 Å². The predicted octanol–water partition coefficient (Wildman–Crippen LogP) is 2.89. The molecule has 1 rings (SSSR count). The van der Waals surface area contributed by atoms with Crippen molar-refractivity contribution in [2.45, 2.75) is 32.8 Å². The summed E-state index contributed by atoms with van der Waals surface area (Å²) in [5, 5.41) is 13.5. The average molecular weight is 275 g/mol. The molecule has 0 aliphatic carbocycles. The van der Waals surface area contributed by atoms with E-state index in [1.54, 1.807) is 51.1 Å². The van der Waals surface area contributed by atoms with Crippen LogP contribution in [0.4, 0.5) is 16.2 Å². The van der Waals surface area contributed by atoms with Crippen LogP contribution in [0.3, 0.4) is 0 Å². The molecule has 6 nitrogen and oxygen atoms in total. The molecule has 0 aliphatic heterocycles. The Hall–Kier alpha value is -2.55. The Morgan fingerprint density at radius 1 is 1.25 bits per heavy atom. The van der Waals surface area contributed by atoms with Crippen molar-refractivity contribution < 1.29 is 14.3 Å². The number of hydrogen-bond acceptors (Lipinski definition) is 4.